The van der Waals surface area contributed by atoms with Crippen LogP contribution in [0.5, 0.6) is 0 Å². The Bertz CT molecular complexity index is 179. The van der Waals surface area contributed by atoms with Gasteiger partial charge in [0.2, 0.25) is 0 Å². The van der Waals surface area contributed by atoms with E-state index in [0.717, 1.165) is 0 Å². The summed E-state index contributed by atoms with van der Waals surface area (Å²) in [6.07, 6.45) is 19.9. The first-order valence-electron chi connectivity index (χ1n) is 8.44. The molecular formula is C17H34N. The highest BCUT2D eigenvalue weighted by Crippen LogP contribution is 2.36. The minimum absolute atomic E-state index is 0.431. The minimum atomic E-state index is 0.431. The van der Waals surface area contributed by atoms with E-state index < -0.39 is 0 Å². The zero-order chi connectivity index (χ0) is 13.1. The van der Waals surface area contributed by atoms with Gasteiger partial charge < -0.3 is 0 Å². The van der Waals surface area contributed by atoms with Gasteiger partial charge >= 0.3 is 0 Å². The van der Waals surface area contributed by atoms with E-state index in [2.05, 4.69) is 12.2 Å². The van der Waals surface area contributed by atoms with E-state index in [0.29, 0.717) is 5.54 Å². The summed E-state index contributed by atoms with van der Waals surface area (Å²) in [5.74, 6) is 0. The Hall–Kier alpha value is -0.0400. The first-order valence-corrected chi connectivity index (χ1v) is 8.44. The maximum atomic E-state index is 4.60. The van der Waals surface area contributed by atoms with Crippen molar-refractivity contribution >= 4 is 0 Å². The van der Waals surface area contributed by atoms with E-state index in [1.165, 1.54) is 89.9 Å². The molecule has 1 fully saturated rings. The van der Waals surface area contributed by atoms with Crippen molar-refractivity contribution < 1.29 is 0 Å². The molecule has 0 aromatic carbocycles. The zero-order valence-electron chi connectivity index (χ0n) is 12.8. The van der Waals surface area contributed by atoms with Crippen molar-refractivity contribution in [2.75, 3.05) is 7.05 Å². The molecule has 18 heavy (non-hydrogen) atoms. The third-order valence-corrected chi connectivity index (χ3v) is 4.75. The molecule has 1 heteroatoms. The van der Waals surface area contributed by atoms with Gasteiger partial charge in [-0.15, -0.1) is 0 Å². The van der Waals surface area contributed by atoms with E-state index in [9.17, 15) is 0 Å². The van der Waals surface area contributed by atoms with Crippen LogP contribution in [0.25, 0.3) is 0 Å². The lowest BCUT2D eigenvalue weighted by Gasteiger charge is -2.40. The van der Waals surface area contributed by atoms with Gasteiger partial charge in [-0.1, -0.05) is 71.1 Å². The molecule has 1 aliphatic carbocycles. The van der Waals surface area contributed by atoms with E-state index in [1.807, 2.05) is 7.05 Å². The molecule has 0 aromatic rings. The SMILES string of the molecule is CCCCCCCCCCCCC1([N]C)CCC1. The second-order valence-electron chi connectivity index (χ2n) is 6.23. The molecule has 0 spiro atoms. The molecular weight excluding hydrogens is 218 g/mol. The molecule has 0 amide bonds. The second kappa shape index (κ2) is 9.83. The largest absolute Gasteiger partial charge is 0.238 e. The highest BCUT2D eigenvalue weighted by molar-refractivity contribution is 4.94. The van der Waals surface area contributed by atoms with E-state index in [4.69, 9.17) is 0 Å². The molecule has 1 saturated carbocycles. The molecule has 0 aromatic heterocycles. The first-order chi connectivity index (χ1) is 8.83. The van der Waals surface area contributed by atoms with Crippen LogP contribution < -0.4 is 5.32 Å². The van der Waals surface area contributed by atoms with Crippen molar-refractivity contribution in [1.29, 1.82) is 0 Å². The topological polar surface area (TPSA) is 14.1 Å². The van der Waals surface area contributed by atoms with Gasteiger partial charge in [-0.05, 0) is 25.7 Å². The minimum Gasteiger partial charge on any atom is -0.238 e. The normalized spacial score (nSPS) is 17.7. The summed E-state index contributed by atoms with van der Waals surface area (Å²) in [5, 5.41) is 4.60. The third-order valence-electron chi connectivity index (χ3n) is 4.75. The van der Waals surface area contributed by atoms with Crippen LogP contribution in [-0.4, -0.2) is 12.6 Å². The van der Waals surface area contributed by atoms with Crippen LogP contribution in [0.2, 0.25) is 0 Å². The Kier molecular flexibility index (Phi) is 8.75. The summed E-state index contributed by atoms with van der Waals surface area (Å²) in [4.78, 5) is 0. The number of hydrogen-bond donors (Lipinski definition) is 0. The number of rotatable bonds is 12. The molecule has 0 unspecified atom stereocenters. The van der Waals surface area contributed by atoms with E-state index in [1.54, 1.807) is 0 Å². The Labute approximate surface area is 115 Å². The molecule has 1 aliphatic rings. The summed E-state index contributed by atoms with van der Waals surface area (Å²) >= 11 is 0. The van der Waals surface area contributed by atoms with Crippen LogP contribution >= 0.6 is 0 Å². The van der Waals surface area contributed by atoms with E-state index in [-0.39, 0.29) is 0 Å². The van der Waals surface area contributed by atoms with Gasteiger partial charge in [0.25, 0.3) is 0 Å². The van der Waals surface area contributed by atoms with Crippen LogP contribution in [0.3, 0.4) is 0 Å². The van der Waals surface area contributed by atoms with Gasteiger partial charge in [-0.2, -0.15) is 0 Å². The third kappa shape index (κ3) is 6.22. The van der Waals surface area contributed by atoms with Gasteiger partial charge in [-0.25, -0.2) is 5.32 Å². The highest BCUT2D eigenvalue weighted by Gasteiger charge is 2.35. The van der Waals surface area contributed by atoms with Crippen molar-refractivity contribution in [1.82, 2.24) is 5.32 Å². The predicted molar refractivity (Wildman–Crippen MR) is 81.1 cm³/mol. The van der Waals surface area contributed by atoms with Gasteiger partial charge in [0.15, 0.2) is 0 Å². The van der Waals surface area contributed by atoms with Crippen molar-refractivity contribution in [3.63, 3.8) is 0 Å². The smallest absolute Gasteiger partial charge is 0.0353 e. The van der Waals surface area contributed by atoms with E-state index >= 15 is 0 Å². The molecule has 1 rings (SSSR count). The predicted octanol–water partition coefficient (Wildman–Crippen LogP) is 5.45. The molecule has 1 radical (unpaired) electrons. The monoisotopic (exact) mass is 252 g/mol. The average Bonchev–Trinajstić information content (AvgIpc) is 2.34. The summed E-state index contributed by atoms with van der Waals surface area (Å²) in [6, 6.07) is 0. The van der Waals surface area contributed by atoms with Crippen molar-refractivity contribution in [2.24, 2.45) is 0 Å². The van der Waals surface area contributed by atoms with Crippen LogP contribution in [0.4, 0.5) is 0 Å². The maximum Gasteiger partial charge on any atom is 0.0353 e. The summed E-state index contributed by atoms with van der Waals surface area (Å²) in [7, 11) is 2.02. The van der Waals surface area contributed by atoms with Gasteiger partial charge in [0, 0.05) is 12.6 Å². The molecule has 0 atom stereocenters. The molecule has 0 heterocycles. The lowest BCUT2D eigenvalue weighted by Crippen LogP contribution is -2.44. The first kappa shape index (κ1) is 16.0. The fraction of sp³-hybridized carbons (Fsp3) is 1.00. The molecule has 0 saturated heterocycles. The van der Waals surface area contributed by atoms with Crippen LogP contribution in [0.15, 0.2) is 0 Å². The number of unbranched alkanes of at least 4 members (excludes halogenated alkanes) is 9. The van der Waals surface area contributed by atoms with Crippen molar-refractivity contribution in [2.45, 2.75) is 102 Å². The Balaban J connectivity index is 1.78. The number of hydrogen-bond acceptors (Lipinski definition) is 0. The second-order valence-corrected chi connectivity index (χ2v) is 6.23. The van der Waals surface area contributed by atoms with Crippen LogP contribution in [-0.2, 0) is 0 Å². The highest BCUT2D eigenvalue weighted by atomic mass is 15.0. The van der Waals surface area contributed by atoms with Crippen molar-refractivity contribution in [3.8, 4) is 0 Å². The molecule has 1 nitrogen and oxygen atoms in total. The van der Waals surface area contributed by atoms with Crippen molar-refractivity contribution in [3.05, 3.63) is 0 Å². The Morgan fingerprint density at radius 1 is 0.778 bits per heavy atom. The standard InChI is InChI=1S/C17H34N/c1-3-4-5-6-7-8-9-10-11-12-14-17(18-2)15-13-16-17/h3-16H2,1-2H3. The molecule has 0 aliphatic heterocycles. The van der Waals surface area contributed by atoms with Gasteiger partial charge in [0.05, 0.1) is 0 Å². The van der Waals surface area contributed by atoms with Gasteiger partial charge in [0.1, 0.15) is 0 Å². The quantitative estimate of drug-likeness (QED) is 0.410. The lowest BCUT2D eigenvalue weighted by molar-refractivity contribution is 0.173. The van der Waals surface area contributed by atoms with Crippen LogP contribution in [0.1, 0.15) is 96.8 Å². The summed E-state index contributed by atoms with van der Waals surface area (Å²) in [5.41, 5.74) is 0.431. The summed E-state index contributed by atoms with van der Waals surface area (Å²) < 4.78 is 0. The maximum absolute atomic E-state index is 4.60. The Morgan fingerprint density at radius 2 is 1.28 bits per heavy atom. The Morgan fingerprint density at radius 3 is 1.67 bits per heavy atom. The fourth-order valence-corrected chi connectivity index (χ4v) is 3.11. The zero-order valence-corrected chi connectivity index (χ0v) is 12.8. The molecule has 0 N–H and O–H groups in total. The lowest BCUT2D eigenvalue weighted by atomic mass is 9.73. The molecule has 107 valence electrons. The molecule has 0 bridgehead atoms. The fourth-order valence-electron chi connectivity index (χ4n) is 3.11. The average molecular weight is 252 g/mol. The van der Waals surface area contributed by atoms with Gasteiger partial charge in [-0.3, -0.25) is 0 Å². The summed E-state index contributed by atoms with van der Waals surface area (Å²) in [6.45, 7) is 2.29. The van der Waals surface area contributed by atoms with Crippen LogP contribution in [0, 0.1) is 0 Å². The number of nitrogens with zero attached hydrogens (tertiary/aromatic N) is 1.